The summed E-state index contributed by atoms with van der Waals surface area (Å²) in [6.45, 7) is 5.11. The Bertz CT molecular complexity index is 503. The molecule has 0 spiro atoms. The van der Waals surface area contributed by atoms with Crippen LogP contribution in [-0.2, 0) is 7.05 Å². The van der Waals surface area contributed by atoms with E-state index in [4.69, 9.17) is 0 Å². The van der Waals surface area contributed by atoms with Crippen LogP contribution in [0, 0.1) is 12.8 Å². The topological polar surface area (TPSA) is 70.4 Å². The van der Waals surface area contributed by atoms with Crippen LogP contribution in [0.15, 0.2) is 0 Å². The molecule has 19 heavy (non-hydrogen) atoms. The molecule has 2 N–H and O–H groups in total. The maximum atomic E-state index is 11.4. The summed E-state index contributed by atoms with van der Waals surface area (Å²) in [7, 11) is 1.79. The monoisotopic (exact) mass is 264 g/mol. The Labute approximate surface area is 112 Å². The van der Waals surface area contributed by atoms with Gasteiger partial charge in [0.1, 0.15) is 11.4 Å². The quantitative estimate of drug-likeness (QED) is 0.850. The SMILES string of the molecule is Cc1nn(C)c(NC2CN3CCC2CC3)c1C(=O)O. The van der Waals surface area contributed by atoms with E-state index in [9.17, 15) is 9.90 Å². The Morgan fingerprint density at radius 1 is 1.42 bits per heavy atom. The first-order chi connectivity index (χ1) is 9.06. The van der Waals surface area contributed by atoms with E-state index in [1.54, 1.807) is 18.7 Å². The van der Waals surface area contributed by atoms with Crippen LogP contribution in [0.1, 0.15) is 28.9 Å². The van der Waals surface area contributed by atoms with Crippen molar-refractivity contribution in [3.05, 3.63) is 11.3 Å². The second kappa shape index (κ2) is 4.52. The number of aryl methyl sites for hydroxylation is 2. The van der Waals surface area contributed by atoms with E-state index >= 15 is 0 Å². The van der Waals surface area contributed by atoms with E-state index in [1.165, 1.54) is 25.9 Å². The number of aromatic carboxylic acids is 1. The van der Waals surface area contributed by atoms with E-state index in [2.05, 4.69) is 15.3 Å². The number of hydrogen-bond donors (Lipinski definition) is 2. The summed E-state index contributed by atoms with van der Waals surface area (Å²) in [6.07, 6.45) is 2.41. The Morgan fingerprint density at radius 2 is 2.11 bits per heavy atom. The lowest BCUT2D eigenvalue weighted by molar-refractivity contribution is 0.0696. The molecule has 3 saturated heterocycles. The molecule has 1 aromatic rings. The number of fused-ring (bicyclic) bond motifs is 3. The fraction of sp³-hybridized carbons (Fsp3) is 0.692. The van der Waals surface area contributed by atoms with Gasteiger partial charge in [0.2, 0.25) is 0 Å². The maximum absolute atomic E-state index is 11.4. The zero-order valence-electron chi connectivity index (χ0n) is 11.4. The molecular formula is C13H20N4O2. The van der Waals surface area contributed by atoms with E-state index in [0.717, 1.165) is 6.54 Å². The Hall–Kier alpha value is -1.56. The number of hydrogen-bond acceptors (Lipinski definition) is 4. The van der Waals surface area contributed by atoms with Gasteiger partial charge in [-0.15, -0.1) is 0 Å². The minimum absolute atomic E-state index is 0.305. The van der Waals surface area contributed by atoms with E-state index in [1.807, 2.05) is 0 Å². The van der Waals surface area contributed by atoms with Crippen molar-refractivity contribution in [2.75, 3.05) is 25.0 Å². The third kappa shape index (κ3) is 2.10. The number of nitrogens with zero attached hydrogens (tertiary/aromatic N) is 3. The molecular weight excluding hydrogens is 244 g/mol. The molecule has 1 unspecified atom stereocenters. The van der Waals surface area contributed by atoms with Crippen molar-refractivity contribution >= 4 is 11.8 Å². The van der Waals surface area contributed by atoms with Gasteiger partial charge in [-0.1, -0.05) is 0 Å². The molecule has 2 bridgehead atoms. The van der Waals surface area contributed by atoms with Gasteiger partial charge in [0.25, 0.3) is 0 Å². The molecule has 1 aromatic heterocycles. The molecule has 0 aliphatic carbocycles. The molecule has 0 saturated carbocycles. The van der Waals surface area contributed by atoms with E-state index < -0.39 is 5.97 Å². The third-order valence-corrected chi connectivity index (χ3v) is 4.41. The van der Waals surface area contributed by atoms with Crippen LogP contribution in [0.3, 0.4) is 0 Å². The summed E-state index contributed by atoms with van der Waals surface area (Å²) in [5.41, 5.74) is 0.873. The molecule has 4 heterocycles. The van der Waals surface area contributed by atoms with Crippen molar-refractivity contribution in [2.45, 2.75) is 25.8 Å². The number of aromatic nitrogens is 2. The van der Waals surface area contributed by atoms with Gasteiger partial charge in [0.05, 0.1) is 5.69 Å². The predicted octanol–water partition coefficient (Wildman–Crippen LogP) is 0.933. The molecule has 1 atom stereocenters. The third-order valence-electron chi connectivity index (χ3n) is 4.41. The standard InChI is InChI=1S/C13H20N4O2/c1-8-11(13(18)19)12(16(2)15-8)14-10-7-17-5-3-9(10)4-6-17/h9-10,14H,3-7H2,1-2H3,(H,18,19). The first kappa shape index (κ1) is 12.5. The van der Waals surface area contributed by atoms with Crippen molar-refractivity contribution < 1.29 is 9.90 Å². The summed E-state index contributed by atoms with van der Waals surface area (Å²) in [5, 5.41) is 17.0. The normalized spacial score (nSPS) is 29.5. The summed E-state index contributed by atoms with van der Waals surface area (Å²) in [6, 6.07) is 0.343. The number of carboxylic acids is 1. The Kier molecular flexibility index (Phi) is 2.97. The van der Waals surface area contributed by atoms with Crippen LogP contribution < -0.4 is 5.32 Å². The minimum atomic E-state index is -0.908. The van der Waals surface area contributed by atoms with Crippen LogP contribution in [0.5, 0.6) is 0 Å². The van der Waals surface area contributed by atoms with Crippen LogP contribution in [-0.4, -0.2) is 51.4 Å². The van der Waals surface area contributed by atoms with E-state index in [0.29, 0.717) is 29.0 Å². The lowest BCUT2D eigenvalue weighted by Gasteiger charge is -2.45. The molecule has 104 valence electrons. The fourth-order valence-corrected chi connectivity index (χ4v) is 3.38. The van der Waals surface area contributed by atoms with E-state index in [-0.39, 0.29) is 0 Å². The fourth-order valence-electron chi connectivity index (χ4n) is 3.38. The number of rotatable bonds is 3. The highest BCUT2D eigenvalue weighted by atomic mass is 16.4. The van der Waals surface area contributed by atoms with Crippen LogP contribution in [0.2, 0.25) is 0 Å². The van der Waals surface area contributed by atoms with Crippen molar-refractivity contribution in [2.24, 2.45) is 13.0 Å². The van der Waals surface area contributed by atoms with Gasteiger partial charge in [-0.25, -0.2) is 4.79 Å². The molecule has 3 aliphatic heterocycles. The molecule has 3 aliphatic rings. The average Bonchev–Trinajstić information content (AvgIpc) is 2.65. The zero-order valence-corrected chi connectivity index (χ0v) is 11.4. The molecule has 0 amide bonds. The summed E-state index contributed by atoms with van der Waals surface area (Å²) in [5.74, 6) is 0.389. The summed E-state index contributed by atoms with van der Waals surface area (Å²) < 4.78 is 1.65. The second-order valence-corrected chi connectivity index (χ2v) is 5.63. The van der Waals surface area contributed by atoms with Gasteiger partial charge < -0.3 is 15.3 Å². The highest BCUT2D eigenvalue weighted by Gasteiger charge is 2.35. The smallest absolute Gasteiger partial charge is 0.341 e. The minimum Gasteiger partial charge on any atom is -0.477 e. The lowest BCUT2D eigenvalue weighted by atomic mass is 9.84. The van der Waals surface area contributed by atoms with Crippen molar-refractivity contribution in [3.8, 4) is 0 Å². The molecule has 0 aromatic carbocycles. The molecule has 0 radical (unpaired) electrons. The first-order valence-electron chi connectivity index (χ1n) is 6.82. The zero-order chi connectivity index (χ0) is 13.6. The number of piperidine rings is 3. The maximum Gasteiger partial charge on any atom is 0.341 e. The van der Waals surface area contributed by atoms with Gasteiger partial charge >= 0.3 is 5.97 Å². The van der Waals surface area contributed by atoms with Crippen molar-refractivity contribution in [1.29, 1.82) is 0 Å². The lowest BCUT2D eigenvalue weighted by Crippen LogP contribution is -2.53. The van der Waals surface area contributed by atoms with Gasteiger partial charge in [-0.3, -0.25) is 4.68 Å². The van der Waals surface area contributed by atoms with Gasteiger partial charge in [-0.05, 0) is 38.8 Å². The van der Waals surface area contributed by atoms with Gasteiger partial charge in [-0.2, -0.15) is 5.10 Å². The van der Waals surface area contributed by atoms with Crippen molar-refractivity contribution in [1.82, 2.24) is 14.7 Å². The summed E-state index contributed by atoms with van der Waals surface area (Å²) >= 11 is 0. The number of carbonyl (C=O) groups is 1. The van der Waals surface area contributed by atoms with Crippen LogP contribution in [0.25, 0.3) is 0 Å². The van der Waals surface area contributed by atoms with Gasteiger partial charge in [0.15, 0.2) is 0 Å². The molecule has 3 fully saturated rings. The number of nitrogens with one attached hydrogen (secondary N) is 1. The van der Waals surface area contributed by atoms with Crippen molar-refractivity contribution in [3.63, 3.8) is 0 Å². The Balaban J connectivity index is 1.85. The average molecular weight is 264 g/mol. The largest absolute Gasteiger partial charge is 0.477 e. The first-order valence-corrected chi connectivity index (χ1v) is 6.82. The van der Waals surface area contributed by atoms with Gasteiger partial charge in [0, 0.05) is 19.6 Å². The highest BCUT2D eigenvalue weighted by Crippen LogP contribution is 2.31. The Morgan fingerprint density at radius 3 is 2.63 bits per heavy atom. The summed E-state index contributed by atoms with van der Waals surface area (Å²) in [4.78, 5) is 13.8. The highest BCUT2D eigenvalue weighted by molar-refractivity contribution is 5.94. The molecule has 6 heteroatoms. The van der Waals surface area contributed by atoms with Crippen LogP contribution >= 0.6 is 0 Å². The number of anilines is 1. The van der Waals surface area contributed by atoms with Crippen LogP contribution in [0.4, 0.5) is 5.82 Å². The molecule has 6 nitrogen and oxygen atoms in total. The predicted molar refractivity (Wildman–Crippen MR) is 71.5 cm³/mol. The number of carboxylic acid groups (broad SMARTS) is 1. The second-order valence-electron chi connectivity index (χ2n) is 5.63. The molecule has 4 rings (SSSR count).